The number of carboxylic acid groups (broad SMARTS) is 1. The van der Waals surface area contributed by atoms with Crippen molar-refractivity contribution in [1.82, 2.24) is 0 Å². The monoisotopic (exact) mass is 422 g/mol. The van der Waals surface area contributed by atoms with Crippen molar-refractivity contribution >= 4 is 22.5 Å². The maximum atomic E-state index is 12.4. The van der Waals surface area contributed by atoms with Crippen LogP contribution in [0.5, 0.6) is 5.75 Å². The molecule has 6 nitrogen and oxygen atoms in total. The van der Waals surface area contributed by atoms with Gasteiger partial charge in [0.25, 0.3) is 0 Å². The third-order valence-electron chi connectivity index (χ3n) is 5.21. The van der Waals surface area contributed by atoms with E-state index in [1.807, 2.05) is 25.1 Å². The molecule has 3 rings (SSSR count). The molecule has 0 saturated heterocycles. The van der Waals surface area contributed by atoms with Gasteiger partial charge in [0.1, 0.15) is 23.5 Å². The van der Waals surface area contributed by atoms with Crippen molar-refractivity contribution in [3.63, 3.8) is 0 Å². The van der Waals surface area contributed by atoms with Crippen molar-refractivity contribution < 1.29 is 23.8 Å². The van der Waals surface area contributed by atoms with Gasteiger partial charge in [0.05, 0.1) is 13.4 Å². The number of fused-ring (bicyclic) bond motifs is 1. The minimum Gasteiger partial charge on any atom is -0.503 e. The number of aryl methyl sites for hydroxylation is 1. The van der Waals surface area contributed by atoms with E-state index in [4.69, 9.17) is 13.9 Å². The van der Waals surface area contributed by atoms with Gasteiger partial charge in [-0.05, 0) is 48.6 Å². The van der Waals surface area contributed by atoms with E-state index in [1.165, 1.54) is 13.4 Å². The Labute approximate surface area is 180 Å². The topological polar surface area (TPSA) is 86.0 Å². The number of hydrogen-bond donors (Lipinski definition) is 1. The van der Waals surface area contributed by atoms with Crippen LogP contribution in [-0.4, -0.2) is 18.2 Å². The van der Waals surface area contributed by atoms with Crippen molar-refractivity contribution in [3.05, 3.63) is 81.4 Å². The molecule has 3 aromatic rings. The first-order valence-electron chi connectivity index (χ1n) is 10.2. The molecule has 31 heavy (non-hydrogen) atoms. The molecule has 162 valence electrons. The van der Waals surface area contributed by atoms with Crippen LogP contribution in [0.2, 0.25) is 0 Å². The fraction of sp³-hybridized carbons (Fsp3) is 0.280. The molecule has 0 saturated carbocycles. The van der Waals surface area contributed by atoms with Gasteiger partial charge >= 0.3 is 11.6 Å². The summed E-state index contributed by atoms with van der Waals surface area (Å²) in [6, 6.07) is 12.5. The number of methoxy groups -OCH3 is 1. The van der Waals surface area contributed by atoms with Crippen LogP contribution in [0.25, 0.3) is 16.5 Å². The van der Waals surface area contributed by atoms with Crippen LogP contribution >= 0.6 is 0 Å². The summed E-state index contributed by atoms with van der Waals surface area (Å²) in [7, 11) is 1.40. The Hall–Kier alpha value is -3.54. The summed E-state index contributed by atoms with van der Waals surface area (Å²) < 4.78 is 16.4. The zero-order chi connectivity index (χ0) is 22.4. The third kappa shape index (κ3) is 4.97. The van der Waals surface area contributed by atoms with E-state index in [9.17, 15) is 14.7 Å². The number of aliphatic carboxylic acids is 1. The fourth-order valence-corrected chi connectivity index (χ4v) is 3.52. The van der Waals surface area contributed by atoms with Crippen LogP contribution < -0.4 is 10.4 Å². The highest BCUT2D eigenvalue weighted by atomic mass is 16.5. The molecule has 6 heteroatoms. The average molecular weight is 422 g/mol. The molecule has 0 aliphatic heterocycles. The molecule has 1 heterocycles. The van der Waals surface area contributed by atoms with E-state index in [0.717, 1.165) is 29.4 Å². The molecule has 0 aliphatic rings. The van der Waals surface area contributed by atoms with Gasteiger partial charge in [-0.1, -0.05) is 37.6 Å². The molecule has 0 bridgehead atoms. The number of unbranched alkanes of at least 4 members (excludes halogenated alkanes) is 1. The lowest BCUT2D eigenvalue weighted by molar-refractivity contribution is -0.130. The van der Waals surface area contributed by atoms with E-state index >= 15 is 0 Å². The first-order valence-corrected chi connectivity index (χ1v) is 10.2. The number of carboxylic acids is 1. The van der Waals surface area contributed by atoms with Gasteiger partial charge in [-0.3, -0.25) is 0 Å². The van der Waals surface area contributed by atoms with Gasteiger partial charge in [0.2, 0.25) is 0 Å². The second kappa shape index (κ2) is 9.98. The van der Waals surface area contributed by atoms with Gasteiger partial charge in [0.15, 0.2) is 0 Å². The molecule has 1 N–H and O–H groups in total. The zero-order valence-electron chi connectivity index (χ0n) is 17.9. The van der Waals surface area contributed by atoms with Crippen molar-refractivity contribution in [2.45, 2.75) is 39.7 Å². The number of benzene rings is 2. The van der Waals surface area contributed by atoms with Crippen LogP contribution in [0.3, 0.4) is 0 Å². The number of rotatable bonds is 9. The Morgan fingerprint density at radius 1 is 1.19 bits per heavy atom. The van der Waals surface area contributed by atoms with Crippen LogP contribution in [-0.2, 0) is 22.6 Å². The summed E-state index contributed by atoms with van der Waals surface area (Å²) >= 11 is 0. The fourth-order valence-electron chi connectivity index (χ4n) is 3.52. The predicted octanol–water partition coefficient (Wildman–Crippen LogP) is 5.09. The predicted molar refractivity (Wildman–Crippen MR) is 119 cm³/mol. The third-order valence-corrected chi connectivity index (χ3v) is 5.21. The minimum atomic E-state index is -1.09. The van der Waals surface area contributed by atoms with Crippen molar-refractivity contribution in [2.75, 3.05) is 7.11 Å². The summed E-state index contributed by atoms with van der Waals surface area (Å²) in [5, 5.41) is 10.4. The highest BCUT2D eigenvalue weighted by molar-refractivity contribution is 6.15. The van der Waals surface area contributed by atoms with Gasteiger partial charge < -0.3 is 19.0 Å². The molecule has 0 radical (unpaired) electrons. The van der Waals surface area contributed by atoms with E-state index in [-0.39, 0.29) is 17.8 Å². The summed E-state index contributed by atoms with van der Waals surface area (Å²) in [6.07, 6.45) is 3.85. The second-order valence-corrected chi connectivity index (χ2v) is 7.27. The molecule has 0 unspecified atom stereocenters. The summed E-state index contributed by atoms with van der Waals surface area (Å²) in [6.45, 7) is 4.18. The summed E-state index contributed by atoms with van der Waals surface area (Å²) in [5.74, 6) is -0.560. The van der Waals surface area contributed by atoms with Crippen molar-refractivity contribution in [3.8, 4) is 5.75 Å². The molecule has 0 aliphatic carbocycles. The maximum absolute atomic E-state index is 12.4. The standard InChI is InChI=1S/C25H26O6/c1-4-5-9-20-16(2)19-12-11-18(13-23(19)31-25(20)28)30-14-17-8-6-7-10-21(17)22(15-29-3)24(26)27/h6-8,10-13,15H,4-5,9,14H2,1-3H3,(H,26,27). The second-order valence-electron chi connectivity index (χ2n) is 7.27. The SMILES string of the molecule is CCCCc1c(C)c2ccc(OCc3ccccc3C(=COC)C(=O)O)cc2oc1=O. The zero-order valence-corrected chi connectivity index (χ0v) is 17.9. The quantitative estimate of drug-likeness (QED) is 0.293. The number of carbonyl (C=O) groups is 1. The molecular formula is C25H26O6. The first kappa shape index (κ1) is 22.2. The van der Waals surface area contributed by atoms with E-state index in [1.54, 1.807) is 24.3 Å². The molecule has 0 amide bonds. The first-order chi connectivity index (χ1) is 15.0. The lowest BCUT2D eigenvalue weighted by Gasteiger charge is -2.13. The van der Waals surface area contributed by atoms with Gasteiger partial charge in [0, 0.05) is 17.0 Å². The van der Waals surface area contributed by atoms with Crippen LogP contribution in [0.15, 0.2) is 57.9 Å². The molecule has 2 aromatic carbocycles. The lowest BCUT2D eigenvalue weighted by atomic mass is 10.0. The lowest BCUT2D eigenvalue weighted by Crippen LogP contribution is -2.10. The number of ether oxygens (including phenoxy) is 2. The Balaban J connectivity index is 1.88. The minimum absolute atomic E-state index is 0.0430. The Morgan fingerprint density at radius 2 is 1.97 bits per heavy atom. The van der Waals surface area contributed by atoms with Crippen molar-refractivity contribution in [1.29, 1.82) is 0 Å². The highest BCUT2D eigenvalue weighted by Crippen LogP contribution is 2.26. The Kier molecular flexibility index (Phi) is 7.13. The van der Waals surface area contributed by atoms with Gasteiger partial charge in [-0.2, -0.15) is 0 Å². The molecule has 0 spiro atoms. The van der Waals surface area contributed by atoms with E-state index in [0.29, 0.717) is 28.9 Å². The van der Waals surface area contributed by atoms with Crippen LogP contribution in [0.4, 0.5) is 0 Å². The molecule has 0 atom stereocenters. The Bertz CT molecular complexity index is 1170. The molecule has 0 fully saturated rings. The maximum Gasteiger partial charge on any atom is 0.339 e. The Morgan fingerprint density at radius 3 is 2.68 bits per heavy atom. The van der Waals surface area contributed by atoms with Gasteiger partial charge in [-0.15, -0.1) is 0 Å². The van der Waals surface area contributed by atoms with E-state index in [2.05, 4.69) is 6.92 Å². The average Bonchev–Trinajstić information content (AvgIpc) is 2.76. The van der Waals surface area contributed by atoms with Crippen LogP contribution in [0, 0.1) is 6.92 Å². The van der Waals surface area contributed by atoms with Gasteiger partial charge in [-0.25, -0.2) is 9.59 Å². The summed E-state index contributed by atoms with van der Waals surface area (Å²) in [4.78, 5) is 24.0. The molecular weight excluding hydrogens is 396 g/mol. The normalized spacial score (nSPS) is 11.5. The summed E-state index contributed by atoms with van der Waals surface area (Å²) in [5.41, 5.74) is 3.08. The van der Waals surface area contributed by atoms with Crippen molar-refractivity contribution in [2.24, 2.45) is 0 Å². The largest absolute Gasteiger partial charge is 0.503 e. The number of hydrogen-bond acceptors (Lipinski definition) is 5. The van der Waals surface area contributed by atoms with Crippen LogP contribution in [0.1, 0.15) is 42.0 Å². The van der Waals surface area contributed by atoms with E-state index < -0.39 is 5.97 Å². The molecule has 1 aromatic heterocycles. The smallest absolute Gasteiger partial charge is 0.339 e. The highest BCUT2D eigenvalue weighted by Gasteiger charge is 2.16.